The molecule has 8 aromatic carbocycles. The predicted octanol–water partition coefficient (Wildman–Crippen LogP) is 15.5. The highest BCUT2D eigenvalue weighted by atomic mass is 14.7. The van der Waals surface area contributed by atoms with Gasteiger partial charge >= 0.3 is 0 Å². The number of fused-ring (bicyclic) bond motifs is 5. The van der Waals surface area contributed by atoms with Gasteiger partial charge in [0, 0.05) is 47.0 Å². The molecule has 0 saturated heterocycles. The monoisotopic (exact) mass is 814 g/mol. The molecule has 0 fully saturated rings. The predicted molar refractivity (Wildman–Crippen MR) is 266 cm³/mol. The number of hydrogen-bond acceptors (Lipinski definition) is 4. The fourth-order valence-corrected chi connectivity index (χ4v) is 9.61. The summed E-state index contributed by atoms with van der Waals surface area (Å²) in [6, 6.07) is 73.9. The lowest BCUT2D eigenvalue weighted by molar-refractivity contribution is 1.29. The van der Waals surface area contributed by atoms with Crippen LogP contribution in [0.1, 0.15) is 0 Å². The van der Waals surface area contributed by atoms with Crippen LogP contribution in [-0.4, -0.2) is 19.9 Å². The molecule has 0 radical (unpaired) electrons. The Morgan fingerprint density at radius 3 is 1.16 bits per heavy atom. The van der Waals surface area contributed by atoms with Gasteiger partial charge in [0.1, 0.15) is 0 Å². The van der Waals surface area contributed by atoms with E-state index < -0.39 is 0 Å². The molecule has 4 nitrogen and oxygen atoms in total. The van der Waals surface area contributed by atoms with Crippen LogP contribution in [0.4, 0.5) is 0 Å². The van der Waals surface area contributed by atoms with E-state index in [1.165, 1.54) is 49.4 Å². The summed E-state index contributed by atoms with van der Waals surface area (Å²) in [6.07, 6.45) is 7.30. The first-order valence-electron chi connectivity index (χ1n) is 21.6. The Morgan fingerprint density at radius 1 is 0.203 bits per heavy atom. The van der Waals surface area contributed by atoms with Gasteiger partial charge in [-0.15, -0.1) is 0 Å². The minimum Gasteiger partial charge on any atom is -0.265 e. The first-order chi connectivity index (χ1) is 31.8. The van der Waals surface area contributed by atoms with Crippen LogP contribution in [0.15, 0.2) is 231 Å². The van der Waals surface area contributed by atoms with E-state index in [1.807, 2.05) is 49.1 Å². The Morgan fingerprint density at radius 2 is 0.594 bits per heavy atom. The molecule has 0 amide bonds. The van der Waals surface area contributed by atoms with Gasteiger partial charge in [-0.1, -0.05) is 140 Å². The van der Waals surface area contributed by atoms with Crippen LogP contribution in [0.5, 0.6) is 0 Å². The summed E-state index contributed by atoms with van der Waals surface area (Å²) in [6.45, 7) is 0. The van der Waals surface area contributed by atoms with Crippen LogP contribution in [0, 0.1) is 0 Å². The maximum atomic E-state index is 5.43. The van der Waals surface area contributed by atoms with Crippen molar-refractivity contribution in [3.63, 3.8) is 0 Å². The Labute approximate surface area is 370 Å². The average molecular weight is 815 g/mol. The highest BCUT2D eigenvalue weighted by molar-refractivity contribution is 6.29. The van der Waals surface area contributed by atoms with Crippen molar-refractivity contribution in [1.29, 1.82) is 0 Å². The van der Waals surface area contributed by atoms with Gasteiger partial charge in [0.15, 0.2) is 0 Å². The maximum absolute atomic E-state index is 5.43. The zero-order chi connectivity index (χ0) is 42.4. The number of benzene rings is 8. The molecule has 4 heterocycles. The zero-order valence-corrected chi connectivity index (χ0v) is 34.7. The molecule has 0 aliphatic rings. The van der Waals surface area contributed by atoms with Crippen LogP contribution >= 0.6 is 0 Å². The molecule has 12 rings (SSSR count). The van der Waals surface area contributed by atoms with Gasteiger partial charge in [0.05, 0.1) is 22.8 Å². The van der Waals surface area contributed by atoms with Crippen molar-refractivity contribution in [3.05, 3.63) is 231 Å². The fraction of sp³-hybridized carbons (Fsp3) is 0. The molecule has 0 spiro atoms. The molecular formula is C60H38N4. The zero-order valence-electron chi connectivity index (χ0n) is 34.7. The quantitative estimate of drug-likeness (QED) is 0.119. The number of rotatable bonds is 7. The second-order valence-electron chi connectivity index (χ2n) is 16.1. The van der Waals surface area contributed by atoms with Crippen molar-refractivity contribution in [3.8, 4) is 78.4 Å². The second kappa shape index (κ2) is 15.7. The molecule has 0 saturated carbocycles. The summed E-state index contributed by atoms with van der Waals surface area (Å²) in [5.41, 5.74) is 14.9. The molecule has 0 aliphatic carbocycles. The Bertz CT molecular complexity index is 3700. The van der Waals surface area contributed by atoms with Crippen molar-refractivity contribution < 1.29 is 0 Å². The fourth-order valence-electron chi connectivity index (χ4n) is 9.61. The van der Waals surface area contributed by atoms with Crippen molar-refractivity contribution in [2.45, 2.75) is 0 Å². The maximum Gasteiger partial charge on any atom is 0.0722 e. The lowest BCUT2D eigenvalue weighted by Gasteiger charge is -2.22. The Kier molecular flexibility index (Phi) is 9.12. The molecule has 12 aromatic rings. The van der Waals surface area contributed by atoms with E-state index in [0.29, 0.717) is 0 Å². The van der Waals surface area contributed by atoms with Crippen molar-refractivity contribution in [2.75, 3.05) is 0 Å². The van der Waals surface area contributed by atoms with Crippen LogP contribution < -0.4 is 0 Å². The summed E-state index contributed by atoms with van der Waals surface area (Å²) in [4.78, 5) is 19.4. The summed E-state index contributed by atoms with van der Waals surface area (Å²) in [7, 11) is 0. The third kappa shape index (κ3) is 6.40. The summed E-state index contributed by atoms with van der Waals surface area (Å²) >= 11 is 0. The SMILES string of the molecule is c1ccc(-c2cccc(-c3c(-c4ccccc4)c4cc5c(-c6cccc(-c7ccncc7)n6)c6ccccc6c(-c6cccc(-c7ccncc7)n6)c5cc4c4ccccc34)c2)cc1. The van der Waals surface area contributed by atoms with Gasteiger partial charge in [0.2, 0.25) is 0 Å². The molecular weight excluding hydrogens is 777 g/mol. The van der Waals surface area contributed by atoms with E-state index in [-0.39, 0.29) is 0 Å². The van der Waals surface area contributed by atoms with Gasteiger partial charge in [-0.25, -0.2) is 9.97 Å². The van der Waals surface area contributed by atoms with Gasteiger partial charge in [0.25, 0.3) is 0 Å². The first-order valence-corrected chi connectivity index (χ1v) is 21.6. The molecule has 0 bridgehead atoms. The highest BCUT2D eigenvalue weighted by Gasteiger charge is 2.24. The smallest absolute Gasteiger partial charge is 0.0722 e. The molecule has 298 valence electrons. The minimum atomic E-state index is 0.894. The Balaban J connectivity index is 1.25. The number of nitrogens with zero attached hydrogens (tertiary/aromatic N) is 4. The normalized spacial score (nSPS) is 11.4. The van der Waals surface area contributed by atoms with Crippen molar-refractivity contribution in [2.24, 2.45) is 0 Å². The van der Waals surface area contributed by atoms with Crippen LogP contribution in [0.2, 0.25) is 0 Å². The summed E-state index contributed by atoms with van der Waals surface area (Å²) < 4.78 is 0. The van der Waals surface area contributed by atoms with E-state index in [0.717, 1.165) is 72.1 Å². The molecule has 0 aliphatic heterocycles. The average Bonchev–Trinajstić information content (AvgIpc) is 3.38. The molecule has 4 heteroatoms. The van der Waals surface area contributed by atoms with E-state index in [2.05, 4.69) is 192 Å². The van der Waals surface area contributed by atoms with E-state index in [4.69, 9.17) is 9.97 Å². The van der Waals surface area contributed by atoms with Crippen molar-refractivity contribution >= 4 is 43.1 Å². The molecule has 4 aromatic heterocycles. The van der Waals surface area contributed by atoms with Gasteiger partial charge in [-0.3, -0.25) is 9.97 Å². The second-order valence-corrected chi connectivity index (χ2v) is 16.1. The lowest BCUT2D eigenvalue weighted by atomic mass is 9.81. The largest absolute Gasteiger partial charge is 0.265 e. The number of aromatic nitrogens is 4. The summed E-state index contributed by atoms with van der Waals surface area (Å²) in [5, 5.41) is 9.17. The topological polar surface area (TPSA) is 51.6 Å². The third-order valence-corrected chi connectivity index (χ3v) is 12.5. The van der Waals surface area contributed by atoms with Crippen molar-refractivity contribution in [1.82, 2.24) is 19.9 Å². The van der Waals surface area contributed by atoms with Crippen LogP contribution in [-0.2, 0) is 0 Å². The van der Waals surface area contributed by atoms with Gasteiger partial charge in [-0.05, 0) is 143 Å². The molecule has 0 unspecified atom stereocenters. The lowest BCUT2D eigenvalue weighted by Crippen LogP contribution is -1.97. The number of pyridine rings is 4. The highest BCUT2D eigenvalue weighted by Crippen LogP contribution is 2.50. The minimum absolute atomic E-state index is 0.894. The van der Waals surface area contributed by atoms with Gasteiger partial charge < -0.3 is 0 Å². The van der Waals surface area contributed by atoms with Crippen LogP contribution in [0.3, 0.4) is 0 Å². The van der Waals surface area contributed by atoms with E-state index in [9.17, 15) is 0 Å². The molecule has 64 heavy (non-hydrogen) atoms. The van der Waals surface area contributed by atoms with Gasteiger partial charge in [-0.2, -0.15) is 0 Å². The molecule has 0 atom stereocenters. The molecule has 0 N–H and O–H groups in total. The Hall–Kier alpha value is -8.60. The van der Waals surface area contributed by atoms with E-state index in [1.54, 1.807) is 0 Å². The first kappa shape index (κ1) is 37.2. The standard InChI is InChI=1S/C60H38N4/c1-3-14-39(15-4-1)43-18-11-19-44(36-43)58-46-21-8-7-20-45(46)49-37-51-52(38-50(49)57(58)42-16-5-2-6-17-42)60(56-27-13-25-54(64-56)41-30-34-62-35-31-41)48-23-10-9-22-47(48)59(51)55-26-12-24-53(63-55)40-28-32-61-33-29-40/h1-38H. The van der Waals surface area contributed by atoms with Crippen LogP contribution in [0.25, 0.3) is 122 Å². The number of hydrogen-bond donors (Lipinski definition) is 0. The summed E-state index contributed by atoms with van der Waals surface area (Å²) in [5.74, 6) is 0. The van der Waals surface area contributed by atoms with E-state index >= 15 is 0 Å². The third-order valence-electron chi connectivity index (χ3n) is 12.5.